The number of aliphatic hydroxyl groups is 1. The first-order chi connectivity index (χ1) is 5.70. The van der Waals surface area contributed by atoms with Crippen molar-refractivity contribution in [3.8, 4) is 0 Å². The number of rotatable bonds is 1. The van der Waals surface area contributed by atoms with Crippen molar-refractivity contribution in [1.82, 2.24) is 0 Å². The number of carbonyl (C=O) groups is 1. The lowest BCUT2D eigenvalue weighted by molar-refractivity contribution is 0.0412. The van der Waals surface area contributed by atoms with Crippen LogP contribution in [-0.4, -0.2) is 10.9 Å². The summed E-state index contributed by atoms with van der Waals surface area (Å²) in [6.07, 6.45) is 1.28. The smallest absolute Gasteiger partial charge is 0.203 e. The van der Waals surface area contributed by atoms with Gasteiger partial charge >= 0.3 is 0 Å². The van der Waals surface area contributed by atoms with Crippen molar-refractivity contribution in [2.75, 3.05) is 0 Å². The lowest BCUT2D eigenvalue weighted by Crippen LogP contribution is -2.44. The van der Waals surface area contributed by atoms with Crippen molar-refractivity contribution in [1.29, 1.82) is 0 Å². The molecule has 1 aliphatic rings. The van der Waals surface area contributed by atoms with E-state index < -0.39 is 5.60 Å². The fourth-order valence-electron chi connectivity index (χ4n) is 1.48. The zero-order valence-corrected chi connectivity index (χ0v) is 6.45. The predicted octanol–water partition coefficient (Wildman–Crippen LogP) is 1.26. The van der Waals surface area contributed by atoms with E-state index in [9.17, 15) is 9.90 Å². The third kappa shape index (κ3) is 0.605. The standard InChI is InChI=1S/C10H8O2/c1-2-10(12)8-6-4-3-5-7(8)9(10)11/h2-6,12H,1H2/t10-/m1/s1. The van der Waals surface area contributed by atoms with Crippen LogP contribution in [0.3, 0.4) is 0 Å². The fourth-order valence-corrected chi connectivity index (χ4v) is 1.48. The lowest BCUT2D eigenvalue weighted by Gasteiger charge is -2.34. The van der Waals surface area contributed by atoms with Gasteiger partial charge in [-0.25, -0.2) is 0 Å². The van der Waals surface area contributed by atoms with Crippen LogP contribution in [0.15, 0.2) is 36.9 Å². The van der Waals surface area contributed by atoms with E-state index in [0.29, 0.717) is 11.1 Å². The summed E-state index contributed by atoms with van der Waals surface area (Å²) in [5.41, 5.74) is -0.166. The number of ketones is 1. The number of carbonyl (C=O) groups excluding carboxylic acids is 1. The average molecular weight is 160 g/mol. The second-order valence-corrected chi connectivity index (χ2v) is 2.85. The molecule has 0 unspecified atom stereocenters. The van der Waals surface area contributed by atoms with Crippen LogP contribution in [0.1, 0.15) is 15.9 Å². The summed E-state index contributed by atoms with van der Waals surface area (Å²) >= 11 is 0. The molecule has 1 aromatic carbocycles. The van der Waals surface area contributed by atoms with Crippen LogP contribution in [0.2, 0.25) is 0 Å². The van der Waals surface area contributed by atoms with Gasteiger partial charge in [0.1, 0.15) is 0 Å². The summed E-state index contributed by atoms with van der Waals surface area (Å²) in [7, 11) is 0. The van der Waals surface area contributed by atoms with Crippen LogP contribution in [-0.2, 0) is 5.60 Å². The number of hydrogen-bond donors (Lipinski definition) is 1. The zero-order chi connectivity index (χ0) is 8.77. The molecule has 0 saturated carbocycles. The molecular formula is C10H8O2. The summed E-state index contributed by atoms with van der Waals surface area (Å²) in [4.78, 5) is 11.3. The normalized spacial score (nSPS) is 25.9. The van der Waals surface area contributed by atoms with Crippen LogP contribution in [0.25, 0.3) is 0 Å². The largest absolute Gasteiger partial charge is 0.373 e. The Labute approximate surface area is 70.2 Å². The molecule has 60 valence electrons. The topological polar surface area (TPSA) is 37.3 Å². The molecular weight excluding hydrogens is 152 g/mol. The Kier molecular flexibility index (Phi) is 1.24. The number of benzene rings is 1. The van der Waals surface area contributed by atoms with E-state index in [1.54, 1.807) is 24.3 Å². The molecule has 0 radical (unpaired) electrons. The minimum absolute atomic E-state index is 0.256. The lowest BCUT2D eigenvalue weighted by atomic mass is 9.72. The summed E-state index contributed by atoms with van der Waals surface area (Å²) in [5.74, 6) is -0.256. The van der Waals surface area contributed by atoms with E-state index in [-0.39, 0.29) is 5.78 Å². The molecule has 0 spiro atoms. The Hall–Kier alpha value is -1.41. The second-order valence-electron chi connectivity index (χ2n) is 2.85. The molecule has 0 amide bonds. The van der Waals surface area contributed by atoms with Crippen molar-refractivity contribution in [2.45, 2.75) is 5.60 Å². The number of hydrogen-bond acceptors (Lipinski definition) is 2. The minimum atomic E-state index is -1.42. The highest BCUT2D eigenvalue weighted by Crippen LogP contribution is 2.39. The van der Waals surface area contributed by atoms with Gasteiger partial charge in [-0.1, -0.05) is 30.8 Å². The summed E-state index contributed by atoms with van der Waals surface area (Å²) in [5, 5.41) is 9.67. The molecule has 0 bridgehead atoms. The van der Waals surface area contributed by atoms with Crippen molar-refractivity contribution in [3.05, 3.63) is 48.0 Å². The first kappa shape index (κ1) is 7.25. The molecule has 2 heteroatoms. The molecule has 1 aliphatic carbocycles. The van der Waals surface area contributed by atoms with Gasteiger partial charge in [-0.05, 0) is 6.08 Å². The van der Waals surface area contributed by atoms with Crippen molar-refractivity contribution in [2.24, 2.45) is 0 Å². The summed E-state index contributed by atoms with van der Waals surface area (Å²) in [6, 6.07) is 7.01. The van der Waals surface area contributed by atoms with E-state index >= 15 is 0 Å². The molecule has 0 aliphatic heterocycles. The van der Waals surface area contributed by atoms with E-state index in [1.165, 1.54) is 6.08 Å². The summed E-state index contributed by atoms with van der Waals surface area (Å²) < 4.78 is 0. The van der Waals surface area contributed by atoms with Gasteiger partial charge in [-0.2, -0.15) is 0 Å². The second kappa shape index (κ2) is 2.05. The summed E-state index contributed by atoms with van der Waals surface area (Å²) in [6.45, 7) is 3.43. The Balaban J connectivity index is 2.64. The van der Waals surface area contributed by atoms with Crippen molar-refractivity contribution >= 4 is 5.78 Å². The van der Waals surface area contributed by atoms with Crippen molar-refractivity contribution in [3.63, 3.8) is 0 Å². The zero-order valence-electron chi connectivity index (χ0n) is 6.45. The molecule has 2 rings (SSSR count). The third-order valence-electron chi connectivity index (χ3n) is 2.22. The van der Waals surface area contributed by atoms with Gasteiger partial charge < -0.3 is 5.11 Å². The fraction of sp³-hybridized carbons (Fsp3) is 0.100. The molecule has 0 heterocycles. The van der Waals surface area contributed by atoms with E-state index in [0.717, 1.165) is 0 Å². The van der Waals surface area contributed by atoms with Crippen LogP contribution < -0.4 is 0 Å². The van der Waals surface area contributed by atoms with E-state index in [1.807, 2.05) is 0 Å². The van der Waals surface area contributed by atoms with Gasteiger partial charge in [0.25, 0.3) is 0 Å². The first-order valence-corrected chi connectivity index (χ1v) is 3.70. The SMILES string of the molecule is C=C[C@]1(O)C(=O)c2ccccc21. The number of fused-ring (bicyclic) bond motifs is 1. The van der Waals surface area contributed by atoms with Crippen molar-refractivity contribution < 1.29 is 9.90 Å². The predicted molar refractivity (Wildman–Crippen MR) is 44.9 cm³/mol. The monoisotopic (exact) mass is 160 g/mol. The third-order valence-corrected chi connectivity index (χ3v) is 2.22. The Morgan fingerprint density at radius 2 is 2.08 bits per heavy atom. The maximum atomic E-state index is 11.3. The molecule has 1 aromatic rings. The Bertz CT molecular complexity index is 368. The van der Waals surface area contributed by atoms with E-state index in [4.69, 9.17) is 0 Å². The molecule has 1 atom stereocenters. The molecule has 0 fully saturated rings. The van der Waals surface area contributed by atoms with Crippen LogP contribution in [0.4, 0.5) is 0 Å². The number of Topliss-reactive ketones (excluding diaryl/α,β-unsaturated/α-hetero) is 1. The van der Waals surface area contributed by atoms with E-state index in [2.05, 4.69) is 6.58 Å². The van der Waals surface area contributed by atoms with Gasteiger partial charge in [0.05, 0.1) is 0 Å². The molecule has 12 heavy (non-hydrogen) atoms. The van der Waals surface area contributed by atoms with Crippen LogP contribution >= 0.6 is 0 Å². The van der Waals surface area contributed by atoms with Crippen LogP contribution in [0.5, 0.6) is 0 Å². The highest BCUT2D eigenvalue weighted by molar-refractivity contribution is 6.13. The van der Waals surface area contributed by atoms with Gasteiger partial charge in [0.2, 0.25) is 5.78 Å². The Morgan fingerprint density at radius 1 is 1.42 bits per heavy atom. The molecule has 2 nitrogen and oxygen atoms in total. The maximum absolute atomic E-state index is 11.3. The van der Waals surface area contributed by atoms with Crippen LogP contribution in [0, 0.1) is 0 Å². The van der Waals surface area contributed by atoms with Gasteiger partial charge in [0.15, 0.2) is 5.60 Å². The average Bonchev–Trinajstić information content (AvgIpc) is 2.16. The maximum Gasteiger partial charge on any atom is 0.203 e. The first-order valence-electron chi connectivity index (χ1n) is 3.70. The Morgan fingerprint density at radius 3 is 2.75 bits per heavy atom. The molecule has 0 saturated heterocycles. The molecule has 1 N–H and O–H groups in total. The van der Waals surface area contributed by atoms with Gasteiger partial charge in [-0.3, -0.25) is 4.79 Å². The minimum Gasteiger partial charge on any atom is -0.373 e. The highest BCUT2D eigenvalue weighted by atomic mass is 16.3. The van der Waals surface area contributed by atoms with Gasteiger partial charge in [-0.15, -0.1) is 0 Å². The molecule has 0 aromatic heterocycles. The van der Waals surface area contributed by atoms with Gasteiger partial charge in [0, 0.05) is 11.1 Å². The quantitative estimate of drug-likeness (QED) is 0.628. The highest BCUT2D eigenvalue weighted by Gasteiger charge is 2.47.